The molecule has 0 unspecified atom stereocenters. The van der Waals surface area contributed by atoms with Crippen molar-refractivity contribution >= 4 is 28.3 Å². The van der Waals surface area contributed by atoms with Gasteiger partial charge in [0.25, 0.3) is 5.56 Å². The monoisotopic (exact) mass is 342 g/mol. The van der Waals surface area contributed by atoms with E-state index >= 15 is 0 Å². The van der Waals surface area contributed by atoms with Gasteiger partial charge in [-0.25, -0.2) is 4.68 Å². The van der Waals surface area contributed by atoms with Gasteiger partial charge in [0, 0.05) is 17.5 Å². The van der Waals surface area contributed by atoms with Gasteiger partial charge in [0.1, 0.15) is 6.61 Å². The van der Waals surface area contributed by atoms with Crippen molar-refractivity contribution in [2.45, 2.75) is 13.0 Å². The molecule has 0 saturated heterocycles. The van der Waals surface area contributed by atoms with Gasteiger partial charge in [-0.1, -0.05) is 41.9 Å². The Kier molecular flexibility index (Phi) is 4.62. The van der Waals surface area contributed by atoms with Gasteiger partial charge in [-0.05, 0) is 23.8 Å². The Balaban J connectivity index is 1.77. The number of hydrogen-bond donors (Lipinski definition) is 0. The average Bonchev–Trinajstić information content (AvgIpc) is 2.59. The molecule has 0 spiro atoms. The lowest BCUT2D eigenvalue weighted by molar-refractivity contribution is -0.144. The molecule has 0 amide bonds. The van der Waals surface area contributed by atoms with Crippen LogP contribution in [-0.4, -0.2) is 15.7 Å². The second kappa shape index (κ2) is 6.84. The highest BCUT2D eigenvalue weighted by molar-refractivity contribution is 6.30. The van der Waals surface area contributed by atoms with Gasteiger partial charge in [0.2, 0.25) is 0 Å². The summed E-state index contributed by atoms with van der Waals surface area (Å²) in [6, 6.07) is 14.2. The Labute approximate surface area is 143 Å². The minimum absolute atomic E-state index is 0.00221. The van der Waals surface area contributed by atoms with E-state index in [2.05, 4.69) is 5.10 Å². The standard InChI is InChI=1S/C18H15ClN2O3/c1-21-18(23)15-5-3-2-4-14(15)16(20-21)10-17(22)24-11-12-6-8-13(19)9-7-12/h2-9H,10-11H2,1H3. The molecule has 0 aliphatic heterocycles. The summed E-state index contributed by atoms with van der Waals surface area (Å²) in [5.74, 6) is -0.402. The Morgan fingerprint density at radius 1 is 1.12 bits per heavy atom. The number of ether oxygens (including phenoxy) is 1. The van der Waals surface area contributed by atoms with Crippen LogP contribution in [0.1, 0.15) is 11.3 Å². The second-order valence-corrected chi connectivity index (χ2v) is 5.82. The summed E-state index contributed by atoms with van der Waals surface area (Å²) >= 11 is 5.82. The first-order chi connectivity index (χ1) is 11.5. The number of benzene rings is 2. The smallest absolute Gasteiger partial charge is 0.312 e. The minimum atomic E-state index is -0.402. The van der Waals surface area contributed by atoms with Crippen LogP contribution in [0.5, 0.6) is 0 Å². The van der Waals surface area contributed by atoms with Crippen molar-refractivity contribution in [3.05, 3.63) is 75.2 Å². The molecule has 6 heteroatoms. The van der Waals surface area contributed by atoms with Crippen LogP contribution in [0.2, 0.25) is 5.02 Å². The first-order valence-electron chi connectivity index (χ1n) is 7.39. The molecule has 1 heterocycles. The largest absolute Gasteiger partial charge is 0.461 e. The van der Waals surface area contributed by atoms with Crippen LogP contribution in [0.15, 0.2) is 53.3 Å². The molecule has 0 aliphatic rings. The molecular formula is C18H15ClN2O3. The summed E-state index contributed by atoms with van der Waals surface area (Å²) in [5.41, 5.74) is 1.18. The number of aromatic nitrogens is 2. The highest BCUT2D eigenvalue weighted by Gasteiger charge is 2.13. The Morgan fingerprint density at radius 2 is 1.79 bits per heavy atom. The lowest BCUT2D eigenvalue weighted by atomic mass is 10.1. The Morgan fingerprint density at radius 3 is 2.50 bits per heavy atom. The maximum absolute atomic E-state index is 12.1. The fraction of sp³-hybridized carbons (Fsp3) is 0.167. The Bertz CT molecular complexity index is 949. The molecule has 1 aromatic heterocycles. The van der Waals surface area contributed by atoms with E-state index in [4.69, 9.17) is 16.3 Å². The molecule has 0 radical (unpaired) electrons. The summed E-state index contributed by atoms with van der Waals surface area (Å²) in [5, 5.41) is 6.03. The quantitative estimate of drug-likeness (QED) is 0.684. The SMILES string of the molecule is Cn1nc(CC(=O)OCc2ccc(Cl)cc2)c2ccccc2c1=O. The highest BCUT2D eigenvalue weighted by Crippen LogP contribution is 2.15. The van der Waals surface area contributed by atoms with E-state index in [1.165, 1.54) is 4.68 Å². The molecular weight excluding hydrogens is 328 g/mol. The fourth-order valence-corrected chi connectivity index (χ4v) is 2.56. The minimum Gasteiger partial charge on any atom is -0.461 e. The first kappa shape index (κ1) is 16.2. The van der Waals surface area contributed by atoms with Gasteiger partial charge in [-0.15, -0.1) is 0 Å². The number of rotatable bonds is 4. The molecule has 0 atom stereocenters. The summed E-state index contributed by atoms with van der Waals surface area (Å²) in [4.78, 5) is 24.2. The summed E-state index contributed by atoms with van der Waals surface area (Å²) in [7, 11) is 1.57. The molecule has 0 bridgehead atoms. The second-order valence-electron chi connectivity index (χ2n) is 5.38. The van der Waals surface area contributed by atoms with Crippen LogP contribution in [0, 0.1) is 0 Å². The number of aryl methyl sites for hydroxylation is 1. The topological polar surface area (TPSA) is 61.2 Å². The molecule has 122 valence electrons. The van der Waals surface area contributed by atoms with Crippen LogP contribution < -0.4 is 5.56 Å². The zero-order valence-electron chi connectivity index (χ0n) is 13.0. The summed E-state index contributed by atoms with van der Waals surface area (Å²) in [6.45, 7) is 0.166. The van der Waals surface area contributed by atoms with E-state index in [1.54, 1.807) is 49.5 Å². The number of esters is 1. The van der Waals surface area contributed by atoms with Crippen molar-refractivity contribution in [2.24, 2.45) is 7.05 Å². The van der Waals surface area contributed by atoms with Crippen LogP contribution in [-0.2, 0) is 29.6 Å². The molecule has 2 aromatic carbocycles. The fourth-order valence-electron chi connectivity index (χ4n) is 2.44. The van der Waals surface area contributed by atoms with Gasteiger partial charge in [0.05, 0.1) is 17.5 Å². The summed E-state index contributed by atoms with van der Waals surface area (Å²) in [6.07, 6.45) is 0.00221. The maximum atomic E-state index is 12.1. The average molecular weight is 343 g/mol. The molecule has 0 N–H and O–H groups in total. The molecule has 3 aromatic rings. The molecule has 0 aliphatic carbocycles. The molecule has 5 nitrogen and oxygen atoms in total. The number of carbonyl (C=O) groups excluding carboxylic acids is 1. The number of halogens is 1. The predicted molar refractivity (Wildman–Crippen MR) is 91.9 cm³/mol. The number of hydrogen-bond acceptors (Lipinski definition) is 4. The zero-order chi connectivity index (χ0) is 17.1. The first-order valence-corrected chi connectivity index (χ1v) is 7.77. The van der Waals surface area contributed by atoms with E-state index in [-0.39, 0.29) is 18.6 Å². The predicted octanol–water partition coefficient (Wildman–Crippen LogP) is 2.87. The third-order valence-electron chi connectivity index (χ3n) is 3.66. The third kappa shape index (κ3) is 3.46. The van der Waals surface area contributed by atoms with Crippen LogP contribution in [0.25, 0.3) is 10.8 Å². The van der Waals surface area contributed by atoms with Crippen molar-refractivity contribution in [1.29, 1.82) is 0 Å². The van der Waals surface area contributed by atoms with Gasteiger partial charge in [0.15, 0.2) is 0 Å². The molecule has 0 fully saturated rings. The van der Waals surface area contributed by atoms with E-state index in [9.17, 15) is 9.59 Å². The number of fused-ring (bicyclic) bond motifs is 1. The van der Waals surface area contributed by atoms with E-state index in [1.807, 2.05) is 6.07 Å². The Hall–Kier alpha value is -2.66. The van der Waals surface area contributed by atoms with Crippen LogP contribution >= 0.6 is 11.6 Å². The highest BCUT2D eigenvalue weighted by atomic mass is 35.5. The van der Waals surface area contributed by atoms with Crippen molar-refractivity contribution in [2.75, 3.05) is 0 Å². The van der Waals surface area contributed by atoms with Gasteiger partial charge in [-0.2, -0.15) is 5.10 Å². The van der Waals surface area contributed by atoms with Crippen LogP contribution in [0.3, 0.4) is 0 Å². The van der Waals surface area contributed by atoms with E-state index in [0.717, 1.165) is 5.56 Å². The van der Waals surface area contributed by atoms with Crippen molar-refractivity contribution < 1.29 is 9.53 Å². The maximum Gasteiger partial charge on any atom is 0.312 e. The number of nitrogens with zero attached hydrogens (tertiary/aromatic N) is 2. The van der Waals surface area contributed by atoms with Crippen LogP contribution in [0.4, 0.5) is 0 Å². The normalized spacial score (nSPS) is 10.8. The van der Waals surface area contributed by atoms with E-state index < -0.39 is 5.97 Å². The summed E-state index contributed by atoms with van der Waals surface area (Å²) < 4.78 is 6.52. The van der Waals surface area contributed by atoms with Gasteiger partial charge in [-0.3, -0.25) is 9.59 Å². The van der Waals surface area contributed by atoms with Crippen molar-refractivity contribution in [3.8, 4) is 0 Å². The van der Waals surface area contributed by atoms with Crippen molar-refractivity contribution in [1.82, 2.24) is 9.78 Å². The lowest BCUT2D eigenvalue weighted by Crippen LogP contribution is -2.22. The van der Waals surface area contributed by atoms with E-state index in [0.29, 0.717) is 21.5 Å². The van der Waals surface area contributed by atoms with Gasteiger partial charge < -0.3 is 4.74 Å². The number of carbonyl (C=O) groups is 1. The molecule has 3 rings (SSSR count). The molecule has 24 heavy (non-hydrogen) atoms. The lowest BCUT2D eigenvalue weighted by Gasteiger charge is -2.08. The third-order valence-corrected chi connectivity index (χ3v) is 3.91. The van der Waals surface area contributed by atoms with Crippen molar-refractivity contribution in [3.63, 3.8) is 0 Å². The zero-order valence-corrected chi connectivity index (χ0v) is 13.8. The molecule has 0 saturated carbocycles. The van der Waals surface area contributed by atoms with Gasteiger partial charge >= 0.3 is 5.97 Å².